The van der Waals surface area contributed by atoms with Gasteiger partial charge in [-0.05, 0) is 19.1 Å². The lowest BCUT2D eigenvalue weighted by molar-refractivity contribution is -0.128. The molecule has 0 fully saturated rings. The minimum Gasteiger partial charge on any atom is -0.311 e. The molecule has 0 spiro atoms. The van der Waals surface area contributed by atoms with E-state index in [0.717, 1.165) is 11.3 Å². The van der Waals surface area contributed by atoms with Crippen LogP contribution in [-0.4, -0.2) is 32.4 Å². The normalized spacial score (nSPS) is 22.2. The van der Waals surface area contributed by atoms with Crippen LogP contribution in [0.5, 0.6) is 0 Å². The summed E-state index contributed by atoms with van der Waals surface area (Å²) < 4.78 is 1.98. The summed E-state index contributed by atoms with van der Waals surface area (Å²) in [5.41, 5.74) is 1.24. The third-order valence-electron chi connectivity index (χ3n) is 3.58. The van der Waals surface area contributed by atoms with Crippen molar-refractivity contribution in [1.29, 1.82) is 0 Å². The Balaban J connectivity index is 2.27. The summed E-state index contributed by atoms with van der Waals surface area (Å²) in [5, 5.41) is 0. The van der Waals surface area contributed by atoms with Gasteiger partial charge in [-0.2, -0.15) is 0 Å². The molecule has 3 heterocycles. The fourth-order valence-corrected chi connectivity index (χ4v) is 2.55. The molecule has 0 bridgehead atoms. The Morgan fingerprint density at radius 3 is 2.63 bits per heavy atom. The van der Waals surface area contributed by atoms with Gasteiger partial charge in [-0.25, -0.2) is 4.98 Å². The van der Waals surface area contributed by atoms with Gasteiger partial charge < -0.3 is 9.47 Å². The van der Waals surface area contributed by atoms with Gasteiger partial charge in [-0.15, -0.1) is 0 Å². The number of hydrogen-bond acceptors (Lipinski definition) is 3. The molecule has 0 saturated heterocycles. The van der Waals surface area contributed by atoms with E-state index in [0.29, 0.717) is 0 Å². The Kier molecular flexibility index (Phi) is 2.48. The van der Waals surface area contributed by atoms with E-state index < -0.39 is 5.66 Å². The van der Waals surface area contributed by atoms with Crippen molar-refractivity contribution < 1.29 is 4.79 Å². The molecule has 1 amide bonds. The van der Waals surface area contributed by atoms with Crippen LogP contribution in [-0.2, 0) is 10.5 Å². The zero-order valence-corrected chi connectivity index (χ0v) is 10.8. The fraction of sp³-hybridized carbons (Fsp3) is 0.214. The van der Waals surface area contributed by atoms with Crippen LogP contribution in [0.1, 0.15) is 11.3 Å². The first-order valence-electron chi connectivity index (χ1n) is 6.03. The van der Waals surface area contributed by atoms with E-state index in [-0.39, 0.29) is 5.91 Å². The van der Waals surface area contributed by atoms with Gasteiger partial charge in [0, 0.05) is 43.0 Å². The van der Waals surface area contributed by atoms with Crippen LogP contribution in [0.4, 0.5) is 0 Å². The monoisotopic (exact) mass is 254 g/mol. The SMILES string of the molecule is Cc1cncn1C1(c2cccnc2)C=CC(=O)N1C. The number of aryl methyl sites for hydroxylation is 1. The molecule has 96 valence electrons. The molecule has 1 aliphatic heterocycles. The van der Waals surface area contributed by atoms with Crippen molar-refractivity contribution in [2.24, 2.45) is 0 Å². The lowest BCUT2D eigenvalue weighted by Gasteiger charge is -2.37. The lowest BCUT2D eigenvalue weighted by atomic mass is 10.0. The zero-order chi connectivity index (χ0) is 13.5. The summed E-state index contributed by atoms with van der Waals surface area (Å²) in [6, 6.07) is 3.83. The Hall–Kier alpha value is -2.43. The summed E-state index contributed by atoms with van der Waals surface area (Å²) in [7, 11) is 1.79. The number of hydrogen-bond donors (Lipinski definition) is 0. The second kappa shape index (κ2) is 4.05. The van der Waals surface area contributed by atoms with E-state index in [2.05, 4.69) is 9.97 Å². The largest absolute Gasteiger partial charge is 0.311 e. The predicted octanol–water partition coefficient (Wildman–Crippen LogP) is 1.32. The quantitative estimate of drug-likeness (QED) is 0.812. The first-order chi connectivity index (χ1) is 9.16. The first-order valence-corrected chi connectivity index (χ1v) is 6.03. The molecule has 0 aromatic carbocycles. The fourth-order valence-electron chi connectivity index (χ4n) is 2.55. The number of amides is 1. The standard InChI is InChI=1S/C14H14N4O/c1-11-8-16-10-18(11)14(6-5-13(19)17(14)2)12-4-3-7-15-9-12/h3-10H,1-2H3. The van der Waals surface area contributed by atoms with Gasteiger partial charge in [-0.1, -0.05) is 6.07 Å². The van der Waals surface area contributed by atoms with Crippen molar-refractivity contribution in [3.8, 4) is 0 Å². The summed E-state index contributed by atoms with van der Waals surface area (Å²) in [4.78, 5) is 22.0. The van der Waals surface area contributed by atoms with Gasteiger partial charge in [0.15, 0.2) is 5.66 Å². The third-order valence-corrected chi connectivity index (χ3v) is 3.58. The number of rotatable bonds is 2. The number of imidazole rings is 1. The van der Waals surface area contributed by atoms with Gasteiger partial charge in [0.05, 0.1) is 6.33 Å². The van der Waals surface area contributed by atoms with Crippen LogP contribution in [0.25, 0.3) is 0 Å². The average molecular weight is 254 g/mol. The van der Waals surface area contributed by atoms with Crippen LogP contribution in [0.3, 0.4) is 0 Å². The zero-order valence-electron chi connectivity index (χ0n) is 10.8. The maximum absolute atomic E-state index is 12.0. The second-order valence-electron chi connectivity index (χ2n) is 4.60. The van der Waals surface area contributed by atoms with E-state index in [9.17, 15) is 4.79 Å². The van der Waals surface area contributed by atoms with Crippen molar-refractivity contribution in [3.05, 3.63) is 60.5 Å². The van der Waals surface area contributed by atoms with E-state index >= 15 is 0 Å². The van der Waals surface area contributed by atoms with Crippen LogP contribution in [0.2, 0.25) is 0 Å². The Morgan fingerprint density at radius 2 is 2.11 bits per heavy atom. The summed E-state index contributed by atoms with van der Waals surface area (Å²) in [5.74, 6) is -0.0306. The molecule has 0 saturated carbocycles. The molecule has 2 aromatic heterocycles. The molecule has 2 aromatic rings. The number of pyridine rings is 1. The molecular formula is C14H14N4O. The van der Waals surface area contributed by atoms with Gasteiger partial charge in [0.2, 0.25) is 5.91 Å². The third kappa shape index (κ3) is 1.51. The Morgan fingerprint density at radius 1 is 1.26 bits per heavy atom. The second-order valence-corrected chi connectivity index (χ2v) is 4.60. The predicted molar refractivity (Wildman–Crippen MR) is 70.2 cm³/mol. The average Bonchev–Trinajstić information content (AvgIpc) is 2.98. The van der Waals surface area contributed by atoms with Crippen molar-refractivity contribution >= 4 is 5.91 Å². The van der Waals surface area contributed by atoms with Crippen LogP contribution in [0, 0.1) is 6.92 Å². The van der Waals surface area contributed by atoms with Crippen LogP contribution >= 0.6 is 0 Å². The molecule has 3 rings (SSSR count). The molecule has 1 atom stereocenters. The number of aromatic nitrogens is 3. The molecule has 1 aliphatic rings. The van der Waals surface area contributed by atoms with Crippen molar-refractivity contribution in [2.45, 2.75) is 12.6 Å². The Bertz CT molecular complexity index is 646. The first kappa shape index (κ1) is 11.6. The maximum atomic E-state index is 12.0. The van der Waals surface area contributed by atoms with Gasteiger partial charge >= 0.3 is 0 Å². The molecule has 5 heteroatoms. The highest BCUT2D eigenvalue weighted by Crippen LogP contribution is 2.35. The smallest absolute Gasteiger partial charge is 0.248 e. The molecule has 5 nitrogen and oxygen atoms in total. The highest BCUT2D eigenvalue weighted by molar-refractivity contribution is 5.91. The summed E-state index contributed by atoms with van der Waals surface area (Å²) >= 11 is 0. The summed E-state index contributed by atoms with van der Waals surface area (Å²) in [6.45, 7) is 1.97. The van der Waals surface area contributed by atoms with Gasteiger partial charge in [0.25, 0.3) is 0 Å². The van der Waals surface area contributed by atoms with E-state index in [1.165, 1.54) is 0 Å². The minimum absolute atomic E-state index is 0.0306. The minimum atomic E-state index is -0.675. The summed E-state index contributed by atoms with van der Waals surface area (Å²) in [6.07, 6.45) is 10.5. The van der Waals surface area contributed by atoms with E-state index in [1.807, 2.05) is 29.7 Å². The molecule has 0 aliphatic carbocycles. The van der Waals surface area contributed by atoms with Crippen LogP contribution < -0.4 is 0 Å². The number of carbonyl (C=O) groups is 1. The molecular weight excluding hydrogens is 240 g/mol. The molecule has 0 radical (unpaired) electrons. The number of nitrogens with zero attached hydrogens (tertiary/aromatic N) is 4. The number of likely N-dealkylation sites (N-methyl/N-ethyl adjacent to an activating group) is 1. The lowest BCUT2D eigenvalue weighted by Crippen LogP contribution is -2.47. The van der Waals surface area contributed by atoms with Gasteiger partial charge in [0.1, 0.15) is 0 Å². The van der Waals surface area contributed by atoms with Crippen LogP contribution in [0.15, 0.2) is 49.2 Å². The highest BCUT2D eigenvalue weighted by atomic mass is 16.2. The molecule has 0 N–H and O–H groups in total. The van der Waals surface area contributed by atoms with E-state index in [1.54, 1.807) is 42.9 Å². The van der Waals surface area contributed by atoms with Crippen molar-refractivity contribution in [2.75, 3.05) is 7.05 Å². The Labute approximate surface area is 111 Å². The highest BCUT2D eigenvalue weighted by Gasteiger charge is 2.43. The molecule has 1 unspecified atom stereocenters. The van der Waals surface area contributed by atoms with E-state index in [4.69, 9.17) is 0 Å². The van der Waals surface area contributed by atoms with Gasteiger partial charge in [-0.3, -0.25) is 9.78 Å². The van der Waals surface area contributed by atoms with Crippen molar-refractivity contribution in [3.63, 3.8) is 0 Å². The topological polar surface area (TPSA) is 51.0 Å². The number of carbonyl (C=O) groups excluding carboxylic acids is 1. The maximum Gasteiger partial charge on any atom is 0.248 e. The van der Waals surface area contributed by atoms with Crippen molar-refractivity contribution in [1.82, 2.24) is 19.4 Å². The molecule has 19 heavy (non-hydrogen) atoms.